The van der Waals surface area contributed by atoms with E-state index >= 15 is 0 Å². The molecule has 1 aromatic heterocycles. The summed E-state index contributed by atoms with van der Waals surface area (Å²) in [5.41, 5.74) is 0.363. The number of carboxylic acid groups (broad SMARTS) is 1. The van der Waals surface area contributed by atoms with Crippen LogP contribution in [0.15, 0.2) is 59.4 Å². The molecule has 0 spiro atoms. The monoisotopic (exact) mass is 510 g/mol. The highest BCUT2D eigenvalue weighted by Crippen LogP contribution is 2.24. The fraction of sp³-hybridized carbons (Fsp3) is 0.217. The van der Waals surface area contributed by atoms with E-state index < -0.39 is 35.4 Å². The molecule has 3 aromatic rings. The summed E-state index contributed by atoms with van der Waals surface area (Å²) in [6.45, 7) is 0.0954. The molecule has 13 heteroatoms. The van der Waals surface area contributed by atoms with Gasteiger partial charge in [0, 0.05) is 6.54 Å². The molecule has 0 aliphatic heterocycles. The van der Waals surface area contributed by atoms with Gasteiger partial charge in [-0.25, -0.2) is 14.2 Å². The molecule has 2 aromatic carbocycles. The summed E-state index contributed by atoms with van der Waals surface area (Å²) in [5.74, 6) is -4.36. The molecule has 192 valence electrons. The molecule has 9 nitrogen and oxygen atoms in total. The van der Waals surface area contributed by atoms with Crippen LogP contribution >= 0.6 is 0 Å². The number of hydrogen-bond acceptors (Lipinski definition) is 6. The Morgan fingerprint density at radius 3 is 2.14 bits per heavy atom. The third-order valence-electron chi connectivity index (χ3n) is 4.63. The molecular weight excluding hydrogens is 488 g/mol. The number of hydrogen-bond donors (Lipinski definition) is 4. The lowest BCUT2D eigenvalue weighted by Crippen LogP contribution is -2.30. The molecule has 0 saturated heterocycles. The Bertz CT molecular complexity index is 1250. The minimum atomic E-state index is -5.08. The molecule has 0 radical (unpaired) electrons. The van der Waals surface area contributed by atoms with Crippen LogP contribution in [0.4, 0.5) is 17.6 Å². The Morgan fingerprint density at radius 2 is 1.64 bits per heavy atom. The van der Waals surface area contributed by atoms with Crippen LogP contribution in [0.2, 0.25) is 0 Å². The fourth-order valence-electron chi connectivity index (χ4n) is 2.98. The molecule has 1 amide bonds. The number of nitrogens with zero attached hydrogens (tertiary/aromatic N) is 2. The number of H-pyrrole nitrogens is 1. The molecule has 1 atom stereocenters. The zero-order chi connectivity index (χ0) is 27.0. The van der Waals surface area contributed by atoms with Gasteiger partial charge in [0.2, 0.25) is 5.75 Å². The number of rotatable bonds is 6. The van der Waals surface area contributed by atoms with E-state index in [1.54, 1.807) is 0 Å². The zero-order valence-electron chi connectivity index (χ0n) is 19.0. The lowest BCUT2D eigenvalue weighted by molar-refractivity contribution is -0.192. The van der Waals surface area contributed by atoms with Crippen LogP contribution in [0.1, 0.15) is 33.5 Å². The van der Waals surface area contributed by atoms with Gasteiger partial charge in [-0.05, 0) is 37.4 Å². The highest BCUT2D eigenvalue weighted by atomic mass is 19.4. The van der Waals surface area contributed by atoms with Crippen molar-refractivity contribution in [2.45, 2.75) is 18.8 Å². The number of aromatic hydroxyl groups is 1. The lowest BCUT2D eigenvalue weighted by Gasteiger charge is -2.24. The number of carboxylic acids is 1. The van der Waals surface area contributed by atoms with E-state index in [0.29, 0.717) is 5.56 Å². The van der Waals surface area contributed by atoms with Crippen molar-refractivity contribution in [3.05, 3.63) is 93.4 Å². The summed E-state index contributed by atoms with van der Waals surface area (Å²) in [4.78, 5) is 42.3. The predicted molar refractivity (Wildman–Crippen MR) is 120 cm³/mol. The molecule has 0 aliphatic carbocycles. The van der Waals surface area contributed by atoms with E-state index in [-0.39, 0.29) is 23.9 Å². The third-order valence-corrected chi connectivity index (χ3v) is 4.63. The quantitative estimate of drug-likeness (QED) is 0.375. The summed E-state index contributed by atoms with van der Waals surface area (Å²) in [6.07, 6.45) is -5.08. The maximum absolute atomic E-state index is 13.0. The first-order valence-electron chi connectivity index (χ1n) is 10.2. The number of halogens is 4. The molecular formula is C23H22F4N4O5. The standard InChI is InChI=1S/C21H21FN4O3.C2HF3O2/c1-26(2)17(14-6-4-3-5-7-14)19-24-16(18(27)21(29)25-19)20(28)23-12-13-8-10-15(22)11-9-13;3-2(4,5)1(6)7/h3-11,17,27H,12H2,1-2H3,(H,23,28)(H,24,25,29);(H,6,7). The number of aromatic nitrogens is 2. The van der Waals surface area contributed by atoms with E-state index in [1.807, 2.05) is 49.3 Å². The summed E-state index contributed by atoms with van der Waals surface area (Å²) >= 11 is 0. The van der Waals surface area contributed by atoms with Crippen LogP contribution in [0.25, 0.3) is 0 Å². The van der Waals surface area contributed by atoms with E-state index in [4.69, 9.17) is 9.90 Å². The molecule has 4 N–H and O–H groups in total. The van der Waals surface area contributed by atoms with Crippen LogP contribution in [-0.4, -0.2) is 57.2 Å². The largest absolute Gasteiger partial charge is 0.501 e. The van der Waals surface area contributed by atoms with Gasteiger partial charge < -0.3 is 20.5 Å². The Labute approximate surface area is 202 Å². The molecule has 0 aliphatic rings. The fourth-order valence-corrected chi connectivity index (χ4v) is 2.98. The zero-order valence-corrected chi connectivity index (χ0v) is 19.0. The maximum Gasteiger partial charge on any atom is 0.490 e. The second kappa shape index (κ2) is 11.9. The highest BCUT2D eigenvalue weighted by Gasteiger charge is 2.38. The van der Waals surface area contributed by atoms with Crippen LogP contribution in [-0.2, 0) is 11.3 Å². The van der Waals surface area contributed by atoms with Gasteiger partial charge in [-0.1, -0.05) is 42.5 Å². The van der Waals surface area contributed by atoms with Gasteiger partial charge in [0.25, 0.3) is 11.5 Å². The van der Waals surface area contributed by atoms with Crippen molar-refractivity contribution >= 4 is 11.9 Å². The van der Waals surface area contributed by atoms with Gasteiger partial charge in [-0.2, -0.15) is 13.2 Å². The first kappa shape index (κ1) is 28.0. The van der Waals surface area contributed by atoms with E-state index in [1.165, 1.54) is 24.3 Å². The Morgan fingerprint density at radius 1 is 1.08 bits per heavy atom. The van der Waals surface area contributed by atoms with Crippen LogP contribution in [0.5, 0.6) is 5.75 Å². The number of alkyl halides is 3. The number of aliphatic carboxylic acids is 1. The van der Waals surface area contributed by atoms with Crippen LogP contribution < -0.4 is 10.9 Å². The van der Waals surface area contributed by atoms with E-state index in [2.05, 4.69) is 15.3 Å². The SMILES string of the molecule is CN(C)C(c1ccccc1)c1nc(C(=O)NCc2ccc(F)cc2)c(O)c(=O)[nH]1.O=C(O)C(F)(F)F. The second-order valence-corrected chi connectivity index (χ2v) is 7.54. The topological polar surface area (TPSA) is 136 Å². The van der Waals surface area contributed by atoms with Crippen molar-refractivity contribution in [2.24, 2.45) is 0 Å². The van der Waals surface area contributed by atoms with Crippen molar-refractivity contribution in [1.29, 1.82) is 0 Å². The first-order chi connectivity index (χ1) is 16.8. The Hall–Kier alpha value is -4.26. The number of nitrogens with one attached hydrogen (secondary N) is 2. The number of carbonyl (C=O) groups excluding carboxylic acids is 1. The summed E-state index contributed by atoms with van der Waals surface area (Å²) < 4.78 is 44.7. The van der Waals surface area contributed by atoms with E-state index in [9.17, 15) is 32.3 Å². The van der Waals surface area contributed by atoms with Crippen LogP contribution in [0, 0.1) is 5.82 Å². The highest BCUT2D eigenvalue weighted by molar-refractivity contribution is 5.94. The van der Waals surface area contributed by atoms with Gasteiger partial charge >= 0.3 is 12.1 Å². The smallest absolute Gasteiger partial charge is 0.490 e. The van der Waals surface area contributed by atoms with Crippen molar-refractivity contribution in [1.82, 2.24) is 20.2 Å². The number of amides is 1. The second-order valence-electron chi connectivity index (χ2n) is 7.54. The van der Waals surface area contributed by atoms with Crippen LogP contribution in [0.3, 0.4) is 0 Å². The lowest BCUT2D eigenvalue weighted by atomic mass is 10.1. The summed E-state index contributed by atoms with van der Waals surface area (Å²) in [5, 5.41) is 19.8. The van der Waals surface area contributed by atoms with Gasteiger partial charge in [-0.3, -0.25) is 14.5 Å². The Kier molecular flexibility index (Phi) is 9.27. The Balaban J connectivity index is 0.000000572. The van der Waals surface area contributed by atoms with Crippen molar-refractivity contribution in [2.75, 3.05) is 14.1 Å². The van der Waals surface area contributed by atoms with Gasteiger partial charge in [0.15, 0.2) is 5.69 Å². The molecule has 0 fully saturated rings. The number of carbonyl (C=O) groups is 2. The molecule has 0 bridgehead atoms. The normalized spacial score (nSPS) is 11.9. The first-order valence-corrected chi connectivity index (χ1v) is 10.2. The minimum absolute atomic E-state index is 0.0954. The minimum Gasteiger partial charge on any atom is -0.501 e. The number of benzene rings is 2. The molecule has 1 unspecified atom stereocenters. The average molecular weight is 510 g/mol. The third kappa shape index (κ3) is 7.63. The molecule has 1 heterocycles. The van der Waals surface area contributed by atoms with Crippen molar-refractivity contribution < 1.29 is 37.4 Å². The number of aromatic amines is 1. The molecule has 36 heavy (non-hydrogen) atoms. The molecule has 3 rings (SSSR count). The summed E-state index contributed by atoms with van der Waals surface area (Å²) in [7, 11) is 3.64. The summed E-state index contributed by atoms with van der Waals surface area (Å²) in [6, 6.07) is 14.6. The van der Waals surface area contributed by atoms with Gasteiger partial charge in [0.05, 0.1) is 6.04 Å². The maximum atomic E-state index is 13.0. The predicted octanol–water partition coefficient (Wildman–Crippen LogP) is 2.83. The van der Waals surface area contributed by atoms with Crippen molar-refractivity contribution in [3.8, 4) is 5.75 Å². The van der Waals surface area contributed by atoms with Gasteiger partial charge in [0.1, 0.15) is 11.6 Å². The van der Waals surface area contributed by atoms with Gasteiger partial charge in [-0.15, -0.1) is 0 Å². The molecule has 0 saturated carbocycles. The average Bonchev–Trinajstić information content (AvgIpc) is 2.81. The van der Waals surface area contributed by atoms with E-state index in [0.717, 1.165) is 5.56 Å². The van der Waals surface area contributed by atoms with Crippen molar-refractivity contribution in [3.63, 3.8) is 0 Å².